The number of nitrogens with zero attached hydrogens (tertiary/aromatic N) is 4. The maximum Gasteiger partial charge on any atom is 0.220 e. The lowest BCUT2D eigenvalue weighted by molar-refractivity contribution is -0.120. The Labute approximate surface area is 190 Å². The zero-order chi connectivity index (χ0) is 22.5. The summed E-state index contributed by atoms with van der Waals surface area (Å²) in [6.07, 6.45) is 5.03. The number of rotatable bonds is 8. The van der Waals surface area contributed by atoms with E-state index in [1.807, 2.05) is 11.4 Å². The molecule has 0 unspecified atom stereocenters. The summed E-state index contributed by atoms with van der Waals surface area (Å²) in [5.74, 6) is 0.503. The Balaban J connectivity index is 1.43. The average molecular weight is 432 g/mol. The van der Waals surface area contributed by atoms with E-state index in [0.717, 1.165) is 60.8 Å². The van der Waals surface area contributed by atoms with Crippen LogP contribution in [0.4, 0.5) is 0 Å². The molecule has 4 rings (SSSR count). The molecule has 0 aliphatic carbocycles. The number of fused-ring (bicyclic) bond motifs is 1. The lowest BCUT2D eigenvalue weighted by Crippen LogP contribution is -2.32. The third-order valence-corrected chi connectivity index (χ3v) is 6.48. The van der Waals surface area contributed by atoms with Crippen LogP contribution in [0.5, 0.6) is 0 Å². The predicted octanol–water partition coefficient (Wildman–Crippen LogP) is 3.96. The minimum Gasteiger partial charge on any atom is -0.353 e. The van der Waals surface area contributed by atoms with Gasteiger partial charge in [-0.3, -0.25) is 9.69 Å². The predicted molar refractivity (Wildman–Crippen MR) is 128 cm³/mol. The largest absolute Gasteiger partial charge is 0.353 e. The van der Waals surface area contributed by atoms with E-state index in [2.05, 4.69) is 60.1 Å². The van der Waals surface area contributed by atoms with Gasteiger partial charge in [-0.15, -0.1) is 6.58 Å². The SMILES string of the molecule is C=CCNC(=O)CCc1c(C)nc2cc(C3CCN(Cc4ccccc4)CC3)nn2c1C. The third kappa shape index (κ3) is 5.07. The van der Waals surface area contributed by atoms with Crippen molar-refractivity contribution in [2.45, 2.75) is 52.0 Å². The quantitative estimate of drug-likeness (QED) is 0.549. The highest BCUT2D eigenvalue weighted by Gasteiger charge is 2.24. The Morgan fingerprint density at radius 3 is 2.69 bits per heavy atom. The van der Waals surface area contributed by atoms with Gasteiger partial charge in [0, 0.05) is 42.9 Å². The van der Waals surface area contributed by atoms with Crippen LogP contribution < -0.4 is 5.32 Å². The molecule has 0 radical (unpaired) electrons. The molecule has 1 aliphatic rings. The number of aryl methyl sites for hydroxylation is 2. The van der Waals surface area contributed by atoms with Crippen LogP contribution >= 0.6 is 0 Å². The zero-order valence-electron chi connectivity index (χ0n) is 19.2. The fraction of sp³-hybridized carbons (Fsp3) is 0.423. The van der Waals surface area contributed by atoms with Gasteiger partial charge in [-0.05, 0) is 57.3 Å². The Kier molecular flexibility index (Phi) is 7.00. The van der Waals surface area contributed by atoms with Crippen molar-refractivity contribution >= 4 is 11.6 Å². The topological polar surface area (TPSA) is 62.5 Å². The van der Waals surface area contributed by atoms with Crippen LogP contribution in [0, 0.1) is 13.8 Å². The number of carbonyl (C=O) groups is 1. The molecule has 3 aromatic rings. The number of benzene rings is 1. The number of nitrogens with one attached hydrogen (secondary N) is 1. The van der Waals surface area contributed by atoms with Gasteiger partial charge >= 0.3 is 0 Å². The second-order valence-electron chi connectivity index (χ2n) is 8.73. The Morgan fingerprint density at radius 1 is 1.22 bits per heavy atom. The third-order valence-electron chi connectivity index (χ3n) is 6.48. The molecule has 6 heteroatoms. The Bertz CT molecular complexity index is 1080. The van der Waals surface area contributed by atoms with Crippen molar-refractivity contribution in [3.05, 3.63) is 77.3 Å². The van der Waals surface area contributed by atoms with Gasteiger partial charge in [0.15, 0.2) is 5.65 Å². The van der Waals surface area contributed by atoms with E-state index in [0.29, 0.717) is 25.3 Å². The van der Waals surface area contributed by atoms with Crippen molar-refractivity contribution in [3.8, 4) is 0 Å². The molecule has 3 heterocycles. The van der Waals surface area contributed by atoms with E-state index in [-0.39, 0.29) is 5.91 Å². The molecule has 0 spiro atoms. The van der Waals surface area contributed by atoms with Crippen LogP contribution in [0.15, 0.2) is 49.1 Å². The highest BCUT2D eigenvalue weighted by Crippen LogP contribution is 2.29. The minimum atomic E-state index is 0.0345. The Hall–Kier alpha value is -2.99. The summed E-state index contributed by atoms with van der Waals surface area (Å²) in [5, 5.41) is 7.79. The molecule has 0 saturated carbocycles. The van der Waals surface area contributed by atoms with Gasteiger partial charge in [-0.1, -0.05) is 36.4 Å². The summed E-state index contributed by atoms with van der Waals surface area (Å²) in [5.41, 5.74) is 6.59. The summed E-state index contributed by atoms with van der Waals surface area (Å²) >= 11 is 0. The standard InChI is InChI=1S/C26H33N5O/c1-4-14-27-26(32)11-10-23-19(2)28-25-17-24(29-31(25)20(23)3)22-12-15-30(16-13-22)18-21-8-6-5-7-9-21/h4-9,17,22H,1,10-16,18H2,2-3H3,(H,27,32). The molecule has 1 fully saturated rings. The van der Waals surface area contributed by atoms with E-state index >= 15 is 0 Å². The van der Waals surface area contributed by atoms with E-state index in [1.54, 1.807) is 6.08 Å². The van der Waals surface area contributed by atoms with Crippen molar-refractivity contribution in [1.82, 2.24) is 24.8 Å². The highest BCUT2D eigenvalue weighted by molar-refractivity contribution is 5.76. The molecular formula is C26H33N5O. The lowest BCUT2D eigenvalue weighted by Gasteiger charge is -2.31. The second-order valence-corrected chi connectivity index (χ2v) is 8.73. The number of amides is 1. The average Bonchev–Trinajstić information content (AvgIpc) is 3.23. The second kappa shape index (κ2) is 10.1. The van der Waals surface area contributed by atoms with E-state index in [4.69, 9.17) is 10.1 Å². The van der Waals surface area contributed by atoms with Crippen molar-refractivity contribution in [2.24, 2.45) is 0 Å². The van der Waals surface area contributed by atoms with Crippen LogP contribution in [0.2, 0.25) is 0 Å². The molecule has 0 bridgehead atoms. The first-order chi connectivity index (χ1) is 15.5. The monoisotopic (exact) mass is 431 g/mol. The van der Waals surface area contributed by atoms with Crippen LogP contribution in [0.1, 0.15) is 53.4 Å². The number of piperidine rings is 1. The first-order valence-corrected chi connectivity index (χ1v) is 11.5. The number of aromatic nitrogens is 3. The summed E-state index contributed by atoms with van der Waals surface area (Å²) < 4.78 is 1.97. The molecule has 6 nitrogen and oxygen atoms in total. The number of carbonyl (C=O) groups excluding carboxylic acids is 1. The van der Waals surface area contributed by atoms with Crippen molar-refractivity contribution in [3.63, 3.8) is 0 Å². The molecular weight excluding hydrogens is 398 g/mol. The van der Waals surface area contributed by atoms with Gasteiger partial charge in [0.25, 0.3) is 0 Å². The summed E-state index contributed by atoms with van der Waals surface area (Å²) in [4.78, 5) is 19.3. The van der Waals surface area contributed by atoms with Gasteiger partial charge in [0.2, 0.25) is 5.91 Å². The molecule has 1 aromatic carbocycles. The van der Waals surface area contributed by atoms with Gasteiger partial charge in [-0.2, -0.15) is 5.10 Å². The van der Waals surface area contributed by atoms with E-state index < -0.39 is 0 Å². The molecule has 0 atom stereocenters. The molecule has 2 aromatic heterocycles. The molecule has 1 amide bonds. The van der Waals surface area contributed by atoms with Crippen LogP contribution in [0.25, 0.3) is 5.65 Å². The maximum atomic E-state index is 12.0. The first kappa shape index (κ1) is 22.2. The normalized spacial score (nSPS) is 15.2. The maximum absolute atomic E-state index is 12.0. The van der Waals surface area contributed by atoms with Gasteiger partial charge in [0.1, 0.15) is 0 Å². The molecule has 1 aliphatic heterocycles. The molecule has 1 saturated heterocycles. The summed E-state index contributed by atoms with van der Waals surface area (Å²) in [6.45, 7) is 11.4. The molecule has 168 valence electrons. The van der Waals surface area contributed by atoms with E-state index in [1.165, 1.54) is 5.56 Å². The van der Waals surface area contributed by atoms with Crippen LogP contribution in [-0.4, -0.2) is 45.0 Å². The fourth-order valence-electron chi connectivity index (χ4n) is 4.65. The van der Waals surface area contributed by atoms with Crippen molar-refractivity contribution < 1.29 is 4.79 Å². The number of hydrogen-bond donors (Lipinski definition) is 1. The number of hydrogen-bond acceptors (Lipinski definition) is 4. The van der Waals surface area contributed by atoms with Crippen molar-refractivity contribution in [2.75, 3.05) is 19.6 Å². The van der Waals surface area contributed by atoms with E-state index in [9.17, 15) is 4.79 Å². The first-order valence-electron chi connectivity index (χ1n) is 11.5. The molecule has 32 heavy (non-hydrogen) atoms. The van der Waals surface area contributed by atoms with Gasteiger partial charge in [-0.25, -0.2) is 9.50 Å². The zero-order valence-corrected chi connectivity index (χ0v) is 19.2. The van der Waals surface area contributed by atoms with Crippen LogP contribution in [-0.2, 0) is 17.8 Å². The molecule has 1 N–H and O–H groups in total. The smallest absolute Gasteiger partial charge is 0.220 e. The number of likely N-dealkylation sites (tertiary alicyclic amines) is 1. The summed E-state index contributed by atoms with van der Waals surface area (Å²) in [7, 11) is 0. The Morgan fingerprint density at radius 2 is 1.97 bits per heavy atom. The fourth-order valence-corrected chi connectivity index (χ4v) is 4.65. The van der Waals surface area contributed by atoms with Gasteiger partial charge < -0.3 is 5.32 Å². The summed E-state index contributed by atoms with van der Waals surface area (Å²) in [6, 6.07) is 12.8. The van der Waals surface area contributed by atoms with Crippen molar-refractivity contribution in [1.29, 1.82) is 0 Å². The highest BCUT2D eigenvalue weighted by atomic mass is 16.1. The lowest BCUT2D eigenvalue weighted by atomic mass is 9.93. The van der Waals surface area contributed by atoms with Crippen LogP contribution in [0.3, 0.4) is 0 Å². The van der Waals surface area contributed by atoms with Gasteiger partial charge in [0.05, 0.1) is 5.69 Å². The minimum absolute atomic E-state index is 0.0345.